The zero-order chi connectivity index (χ0) is 25.8. The minimum Gasteiger partial charge on any atom is -0.490 e. The van der Waals surface area contributed by atoms with Crippen LogP contribution in [0.25, 0.3) is 6.08 Å². The zero-order valence-corrected chi connectivity index (χ0v) is 22.0. The highest BCUT2D eigenvalue weighted by Crippen LogP contribution is 2.31. The number of hydrogen-bond donors (Lipinski definition) is 0. The normalized spacial score (nSPS) is 15.4. The predicted molar refractivity (Wildman–Crippen MR) is 140 cm³/mol. The monoisotopic (exact) mass is 506 g/mol. The summed E-state index contributed by atoms with van der Waals surface area (Å²) >= 11 is 1.29. The van der Waals surface area contributed by atoms with Gasteiger partial charge in [0.1, 0.15) is 0 Å². The van der Waals surface area contributed by atoms with E-state index in [1.807, 2.05) is 69.3 Å². The number of carbonyl (C=O) groups excluding carboxylic acids is 1. The second kappa shape index (κ2) is 11.0. The van der Waals surface area contributed by atoms with Crippen LogP contribution in [0.5, 0.6) is 11.5 Å². The molecule has 1 aliphatic heterocycles. The molecule has 2 heterocycles. The highest BCUT2D eigenvalue weighted by atomic mass is 32.1. The Morgan fingerprint density at radius 2 is 1.69 bits per heavy atom. The summed E-state index contributed by atoms with van der Waals surface area (Å²) in [7, 11) is 0. The average molecular weight is 507 g/mol. The lowest BCUT2D eigenvalue weighted by Gasteiger charge is -2.24. The minimum absolute atomic E-state index is 0.217. The van der Waals surface area contributed by atoms with Crippen LogP contribution in [-0.2, 0) is 9.53 Å². The number of ether oxygens (including phenoxy) is 3. The van der Waals surface area contributed by atoms with Crippen molar-refractivity contribution >= 4 is 23.4 Å². The summed E-state index contributed by atoms with van der Waals surface area (Å²) < 4.78 is 18.9. The lowest BCUT2D eigenvalue weighted by Crippen LogP contribution is -2.39. The maximum atomic E-state index is 13.7. The van der Waals surface area contributed by atoms with Gasteiger partial charge in [-0.3, -0.25) is 9.36 Å². The molecular formula is C28H30N2O5S. The van der Waals surface area contributed by atoms with Crippen LogP contribution in [0.4, 0.5) is 0 Å². The van der Waals surface area contributed by atoms with Crippen molar-refractivity contribution in [3.8, 4) is 11.5 Å². The van der Waals surface area contributed by atoms with Gasteiger partial charge in [0, 0.05) is 0 Å². The lowest BCUT2D eigenvalue weighted by atomic mass is 9.95. The largest absolute Gasteiger partial charge is 0.490 e. The Hall–Kier alpha value is -3.65. The molecule has 0 N–H and O–H groups in total. The van der Waals surface area contributed by atoms with Crippen LogP contribution in [-0.4, -0.2) is 30.4 Å². The van der Waals surface area contributed by atoms with E-state index in [0.29, 0.717) is 45.3 Å². The summed E-state index contributed by atoms with van der Waals surface area (Å²) in [5, 5.41) is 0. The molecule has 1 unspecified atom stereocenters. The first kappa shape index (κ1) is 25.4. The molecule has 2 aromatic carbocycles. The number of carbonyl (C=O) groups is 1. The van der Waals surface area contributed by atoms with E-state index in [4.69, 9.17) is 14.2 Å². The topological polar surface area (TPSA) is 79.1 Å². The quantitative estimate of drug-likeness (QED) is 0.433. The second-order valence-electron chi connectivity index (χ2n) is 8.29. The van der Waals surface area contributed by atoms with Crippen molar-refractivity contribution in [1.29, 1.82) is 0 Å². The van der Waals surface area contributed by atoms with Gasteiger partial charge in [0.25, 0.3) is 5.56 Å². The van der Waals surface area contributed by atoms with Gasteiger partial charge >= 0.3 is 5.97 Å². The van der Waals surface area contributed by atoms with Crippen molar-refractivity contribution in [1.82, 2.24) is 4.57 Å². The summed E-state index contributed by atoms with van der Waals surface area (Å²) in [6, 6.07) is 12.8. The molecule has 0 aliphatic carbocycles. The molecule has 3 aromatic rings. The molecule has 0 spiro atoms. The Morgan fingerprint density at radius 1 is 1.00 bits per heavy atom. The van der Waals surface area contributed by atoms with Gasteiger partial charge < -0.3 is 14.2 Å². The zero-order valence-electron chi connectivity index (χ0n) is 21.2. The predicted octanol–water partition coefficient (Wildman–Crippen LogP) is 3.90. The minimum atomic E-state index is -0.623. The first-order chi connectivity index (χ1) is 17.4. The van der Waals surface area contributed by atoms with Crippen LogP contribution < -0.4 is 24.4 Å². The van der Waals surface area contributed by atoms with E-state index >= 15 is 0 Å². The third kappa shape index (κ3) is 4.99. The third-order valence-electron chi connectivity index (χ3n) is 5.78. The van der Waals surface area contributed by atoms with Crippen molar-refractivity contribution in [3.63, 3.8) is 0 Å². The molecule has 7 nitrogen and oxygen atoms in total. The second-order valence-corrected chi connectivity index (χ2v) is 9.29. The van der Waals surface area contributed by atoms with Crippen LogP contribution in [0.3, 0.4) is 0 Å². The van der Waals surface area contributed by atoms with Gasteiger partial charge in [-0.1, -0.05) is 47.2 Å². The van der Waals surface area contributed by atoms with Crippen LogP contribution in [0.1, 0.15) is 50.4 Å². The first-order valence-corrected chi connectivity index (χ1v) is 12.8. The standard InChI is InChI=1S/C28H30N2O5S/c1-6-33-21-14-11-19(15-22(21)34-7-2)16-23-26(31)30-25(20-12-9-17(4)10-13-20)24(27(32)35-8-3)18(5)29-28(30)36-23/h9-16,25H,6-8H2,1-5H3/b23-16-. The van der Waals surface area contributed by atoms with E-state index in [-0.39, 0.29) is 12.2 Å². The number of rotatable bonds is 8. The molecule has 1 aliphatic rings. The molecule has 36 heavy (non-hydrogen) atoms. The van der Waals surface area contributed by atoms with E-state index in [9.17, 15) is 9.59 Å². The Labute approximate surface area is 214 Å². The van der Waals surface area contributed by atoms with Crippen LogP contribution in [0.2, 0.25) is 0 Å². The number of hydrogen-bond acceptors (Lipinski definition) is 7. The molecule has 0 bridgehead atoms. The van der Waals surface area contributed by atoms with Gasteiger partial charge in [0.15, 0.2) is 16.3 Å². The number of esters is 1. The third-order valence-corrected chi connectivity index (χ3v) is 6.76. The molecular weight excluding hydrogens is 476 g/mol. The van der Waals surface area contributed by atoms with Crippen LogP contribution >= 0.6 is 11.3 Å². The first-order valence-electron chi connectivity index (χ1n) is 12.0. The van der Waals surface area contributed by atoms with Crippen molar-refractivity contribution in [2.45, 2.75) is 40.7 Å². The van der Waals surface area contributed by atoms with E-state index in [0.717, 1.165) is 16.7 Å². The summed E-state index contributed by atoms with van der Waals surface area (Å²) in [6.45, 7) is 10.6. The van der Waals surface area contributed by atoms with Crippen molar-refractivity contribution in [2.75, 3.05) is 19.8 Å². The Balaban J connectivity index is 1.89. The smallest absolute Gasteiger partial charge is 0.338 e. The number of aryl methyl sites for hydroxylation is 1. The fraction of sp³-hybridized carbons (Fsp3) is 0.321. The summed E-state index contributed by atoms with van der Waals surface area (Å²) in [5.41, 5.74) is 3.42. The average Bonchev–Trinajstić information content (AvgIpc) is 3.15. The molecule has 188 valence electrons. The maximum absolute atomic E-state index is 13.7. The molecule has 4 rings (SSSR count). The summed E-state index contributed by atoms with van der Waals surface area (Å²) in [5.74, 6) is 0.817. The Bertz CT molecular complexity index is 1480. The highest BCUT2D eigenvalue weighted by Gasteiger charge is 2.33. The molecule has 0 saturated heterocycles. The van der Waals surface area contributed by atoms with Gasteiger partial charge in [-0.25, -0.2) is 9.79 Å². The molecule has 8 heteroatoms. The van der Waals surface area contributed by atoms with Gasteiger partial charge in [0.2, 0.25) is 0 Å². The van der Waals surface area contributed by atoms with Crippen LogP contribution in [0, 0.1) is 6.92 Å². The number of aromatic nitrogens is 1. The fourth-order valence-electron chi connectivity index (χ4n) is 4.16. The fourth-order valence-corrected chi connectivity index (χ4v) is 5.21. The highest BCUT2D eigenvalue weighted by molar-refractivity contribution is 7.07. The van der Waals surface area contributed by atoms with Gasteiger partial charge in [-0.2, -0.15) is 0 Å². The van der Waals surface area contributed by atoms with Crippen molar-refractivity contribution in [3.05, 3.63) is 90.1 Å². The van der Waals surface area contributed by atoms with Gasteiger partial charge in [0.05, 0.1) is 41.7 Å². The van der Waals surface area contributed by atoms with Crippen molar-refractivity contribution in [2.24, 2.45) is 4.99 Å². The molecule has 0 radical (unpaired) electrons. The lowest BCUT2D eigenvalue weighted by molar-refractivity contribution is -0.139. The van der Waals surface area contributed by atoms with Crippen molar-refractivity contribution < 1.29 is 19.0 Å². The van der Waals surface area contributed by atoms with E-state index in [1.165, 1.54) is 11.3 Å². The van der Waals surface area contributed by atoms with E-state index < -0.39 is 12.0 Å². The van der Waals surface area contributed by atoms with E-state index in [2.05, 4.69) is 4.99 Å². The molecule has 0 fully saturated rings. The SMILES string of the molecule is CCOC(=O)C1=C(C)N=c2s/c(=C\c3ccc(OCC)c(OCC)c3)c(=O)n2C1c1ccc(C)cc1. The molecule has 1 atom stereocenters. The molecule has 0 saturated carbocycles. The van der Waals surface area contributed by atoms with E-state index in [1.54, 1.807) is 18.4 Å². The number of nitrogens with zero attached hydrogens (tertiary/aromatic N) is 2. The summed E-state index contributed by atoms with van der Waals surface area (Å²) in [6.07, 6.45) is 1.82. The Morgan fingerprint density at radius 3 is 2.36 bits per heavy atom. The Kier molecular flexibility index (Phi) is 7.74. The van der Waals surface area contributed by atoms with Crippen LogP contribution in [0.15, 0.2) is 63.5 Å². The summed E-state index contributed by atoms with van der Waals surface area (Å²) in [4.78, 5) is 31.9. The number of fused-ring (bicyclic) bond motifs is 1. The maximum Gasteiger partial charge on any atom is 0.338 e. The number of allylic oxidation sites excluding steroid dienone is 1. The number of thiazole rings is 1. The molecule has 1 aromatic heterocycles. The number of benzene rings is 2. The molecule has 0 amide bonds. The van der Waals surface area contributed by atoms with Gasteiger partial charge in [-0.15, -0.1) is 0 Å². The van der Waals surface area contributed by atoms with Gasteiger partial charge in [-0.05, 0) is 64.0 Å².